The van der Waals surface area contributed by atoms with Gasteiger partial charge in [-0.25, -0.2) is 0 Å². The fourth-order valence-electron chi connectivity index (χ4n) is 2.30. The van der Waals surface area contributed by atoms with Crippen molar-refractivity contribution in [1.82, 2.24) is 9.78 Å². The number of aromatic nitrogens is 2. The first-order valence-corrected chi connectivity index (χ1v) is 7.52. The highest BCUT2D eigenvalue weighted by molar-refractivity contribution is 9.10. The summed E-state index contributed by atoms with van der Waals surface area (Å²) in [4.78, 5) is 0. The molecule has 2 aromatic rings. The molecule has 0 saturated carbocycles. The first-order chi connectivity index (χ1) is 9.21. The number of hydrogen-bond acceptors (Lipinski definition) is 2. The van der Waals surface area contributed by atoms with E-state index in [0.717, 1.165) is 23.0 Å². The molecular formula is C15H20BrN3. The van der Waals surface area contributed by atoms with Crippen molar-refractivity contribution in [3.63, 3.8) is 0 Å². The lowest BCUT2D eigenvalue weighted by molar-refractivity contribution is 0.506. The molecule has 1 atom stereocenters. The van der Waals surface area contributed by atoms with Crippen LogP contribution in [-0.4, -0.2) is 16.3 Å². The second-order valence-corrected chi connectivity index (χ2v) is 5.41. The Morgan fingerprint density at radius 1 is 1.26 bits per heavy atom. The van der Waals surface area contributed by atoms with Gasteiger partial charge in [0, 0.05) is 16.7 Å². The average molecular weight is 322 g/mol. The highest BCUT2D eigenvalue weighted by atomic mass is 79.9. The van der Waals surface area contributed by atoms with E-state index in [4.69, 9.17) is 10.8 Å². The summed E-state index contributed by atoms with van der Waals surface area (Å²) in [5.74, 6) is 0. The summed E-state index contributed by atoms with van der Waals surface area (Å²) in [6, 6.07) is 10.5. The van der Waals surface area contributed by atoms with E-state index in [2.05, 4.69) is 46.6 Å². The summed E-state index contributed by atoms with van der Waals surface area (Å²) in [5, 5.41) is 4.70. The molecule has 1 aromatic heterocycles. The van der Waals surface area contributed by atoms with Crippen LogP contribution in [0.2, 0.25) is 0 Å². The van der Waals surface area contributed by atoms with E-state index in [1.165, 1.54) is 11.3 Å². The highest BCUT2D eigenvalue weighted by Gasteiger charge is 2.18. The van der Waals surface area contributed by atoms with Crippen molar-refractivity contribution >= 4 is 15.9 Å². The summed E-state index contributed by atoms with van der Waals surface area (Å²) in [5.41, 5.74) is 9.55. The second kappa shape index (κ2) is 6.35. The van der Waals surface area contributed by atoms with E-state index in [1.807, 2.05) is 18.2 Å². The van der Waals surface area contributed by atoms with Gasteiger partial charge in [-0.2, -0.15) is 5.10 Å². The van der Waals surface area contributed by atoms with Crippen LogP contribution in [0.1, 0.15) is 36.8 Å². The Bertz CT molecular complexity index is 548. The smallest absolute Gasteiger partial charge is 0.0904 e. The van der Waals surface area contributed by atoms with Crippen LogP contribution in [0.25, 0.3) is 0 Å². The molecule has 1 aromatic carbocycles. The van der Waals surface area contributed by atoms with Crippen LogP contribution in [0.15, 0.2) is 34.8 Å². The van der Waals surface area contributed by atoms with Gasteiger partial charge in [0.15, 0.2) is 0 Å². The summed E-state index contributed by atoms with van der Waals surface area (Å²) in [6.07, 6.45) is 1.92. The SMILES string of the molecule is CCc1cc(CC)n(C(CN)c2ccccc2Br)n1. The van der Waals surface area contributed by atoms with Crippen molar-refractivity contribution < 1.29 is 0 Å². The Hall–Kier alpha value is -1.13. The van der Waals surface area contributed by atoms with Crippen molar-refractivity contribution in [2.75, 3.05) is 6.54 Å². The van der Waals surface area contributed by atoms with Gasteiger partial charge in [0.1, 0.15) is 0 Å². The van der Waals surface area contributed by atoms with Crippen LogP contribution in [0.3, 0.4) is 0 Å². The zero-order valence-corrected chi connectivity index (χ0v) is 13.0. The molecule has 19 heavy (non-hydrogen) atoms. The van der Waals surface area contributed by atoms with E-state index >= 15 is 0 Å². The standard InChI is InChI=1S/C15H20BrN3/c1-3-11-9-12(4-2)19(18-11)15(10-17)13-7-5-6-8-14(13)16/h5-9,15H,3-4,10,17H2,1-2H3. The molecule has 0 spiro atoms. The Labute approximate surface area is 122 Å². The van der Waals surface area contributed by atoms with Crippen LogP contribution in [0.5, 0.6) is 0 Å². The summed E-state index contributed by atoms with van der Waals surface area (Å²) >= 11 is 3.61. The van der Waals surface area contributed by atoms with Gasteiger partial charge >= 0.3 is 0 Å². The Morgan fingerprint density at radius 2 is 2.00 bits per heavy atom. The number of benzene rings is 1. The maximum atomic E-state index is 6.00. The van der Waals surface area contributed by atoms with Crippen LogP contribution in [0.4, 0.5) is 0 Å². The first kappa shape index (κ1) is 14.3. The molecule has 0 saturated heterocycles. The summed E-state index contributed by atoms with van der Waals surface area (Å²) in [6.45, 7) is 4.82. The lowest BCUT2D eigenvalue weighted by atomic mass is 10.1. The zero-order valence-electron chi connectivity index (χ0n) is 11.4. The predicted molar refractivity (Wildman–Crippen MR) is 82.3 cm³/mol. The van der Waals surface area contributed by atoms with E-state index in [1.54, 1.807) is 0 Å². The third kappa shape index (κ3) is 2.90. The molecule has 0 bridgehead atoms. The minimum absolute atomic E-state index is 0.0887. The van der Waals surface area contributed by atoms with Gasteiger partial charge in [-0.05, 0) is 30.5 Å². The van der Waals surface area contributed by atoms with Crippen molar-refractivity contribution in [2.45, 2.75) is 32.7 Å². The number of hydrogen-bond donors (Lipinski definition) is 1. The van der Waals surface area contributed by atoms with Gasteiger partial charge in [-0.15, -0.1) is 0 Å². The van der Waals surface area contributed by atoms with E-state index in [-0.39, 0.29) is 6.04 Å². The molecule has 0 fully saturated rings. The minimum Gasteiger partial charge on any atom is -0.328 e. The maximum absolute atomic E-state index is 6.00. The van der Waals surface area contributed by atoms with Crippen molar-refractivity contribution in [3.8, 4) is 0 Å². The summed E-state index contributed by atoms with van der Waals surface area (Å²) < 4.78 is 3.17. The third-order valence-corrected chi connectivity index (χ3v) is 4.09. The second-order valence-electron chi connectivity index (χ2n) is 4.55. The number of halogens is 1. The number of nitrogens with two attached hydrogens (primary N) is 1. The van der Waals surface area contributed by atoms with Crippen LogP contribution < -0.4 is 5.73 Å². The van der Waals surface area contributed by atoms with Gasteiger partial charge in [0.25, 0.3) is 0 Å². The van der Waals surface area contributed by atoms with E-state index in [9.17, 15) is 0 Å². The Morgan fingerprint density at radius 3 is 2.58 bits per heavy atom. The zero-order chi connectivity index (χ0) is 13.8. The van der Waals surface area contributed by atoms with Crippen molar-refractivity contribution in [2.24, 2.45) is 5.73 Å². The van der Waals surface area contributed by atoms with Crippen LogP contribution in [-0.2, 0) is 12.8 Å². The van der Waals surface area contributed by atoms with E-state index < -0.39 is 0 Å². The number of nitrogens with zero attached hydrogens (tertiary/aromatic N) is 2. The largest absolute Gasteiger partial charge is 0.328 e. The topological polar surface area (TPSA) is 43.8 Å². The average Bonchev–Trinajstić information content (AvgIpc) is 2.85. The molecule has 1 heterocycles. The predicted octanol–water partition coefficient (Wildman–Crippen LogP) is 3.32. The van der Waals surface area contributed by atoms with Gasteiger partial charge in [-0.3, -0.25) is 4.68 Å². The van der Waals surface area contributed by atoms with Crippen LogP contribution >= 0.6 is 15.9 Å². The number of aryl methyl sites for hydroxylation is 2. The van der Waals surface area contributed by atoms with Crippen molar-refractivity contribution in [3.05, 3.63) is 51.8 Å². The molecule has 2 N–H and O–H groups in total. The lowest BCUT2D eigenvalue weighted by Crippen LogP contribution is -2.23. The molecule has 0 amide bonds. The van der Waals surface area contributed by atoms with Gasteiger partial charge < -0.3 is 5.73 Å². The number of rotatable bonds is 5. The molecule has 4 heteroatoms. The summed E-state index contributed by atoms with van der Waals surface area (Å²) in [7, 11) is 0. The monoisotopic (exact) mass is 321 g/mol. The third-order valence-electron chi connectivity index (χ3n) is 3.37. The fourth-order valence-corrected chi connectivity index (χ4v) is 2.85. The minimum atomic E-state index is 0.0887. The van der Waals surface area contributed by atoms with Crippen molar-refractivity contribution in [1.29, 1.82) is 0 Å². The maximum Gasteiger partial charge on any atom is 0.0904 e. The van der Waals surface area contributed by atoms with Gasteiger partial charge in [-0.1, -0.05) is 48.0 Å². The molecule has 1 unspecified atom stereocenters. The first-order valence-electron chi connectivity index (χ1n) is 6.73. The molecule has 0 aliphatic heterocycles. The molecular weight excluding hydrogens is 302 g/mol. The molecule has 0 aliphatic rings. The normalized spacial score (nSPS) is 12.6. The molecule has 0 radical (unpaired) electrons. The Balaban J connectivity index is 2.47. The molecule has 0 aliphatic carbocycles. The fraction of sp³-hybridized carbons (Fsp3) is 0.400. The quantitative estimate of drug-likeness (QED) is 0.918. The van der Waals surface area contributed by atoms with Crippen LogP contribution in [0, 0.1) is 0 Å². The molecule has 3 nitrogen and oxygen atoms in total. The van der Waals surface area contributed by atoms with Gasteiger partial charge in [0.05, 0.1) is 11.7 Å². The Kier molecular flexibility index (Phi) is 4.77. The molecule has 102 valence electrons. The highest BCUT2D eigenvalue weighted by Crippen LogP contribution is 2.27. The van der Waals surface area contributed by atoms with Gasteiger partial charge in [0.2, 0.25) is 0 Å². The lowest BCUT2D eigenvalue weighted by Gasteiger charge is -2.20. The van der Waals surface area contributed by atoms with E-state index in [0.29, 0.717) is 6.54 Å². The molecule has 2 rings (SSSR count).